The maximum absolute atomic E-state index is 11.0. The number of hydrogen-bond donors (Lipinski definition) is 3. The highest BCUT2D eigenvalue weighted by Crippen LogP contribution is 2.29. The van der Waals surface area contributed by atoms with Gasteiger partial charge in [0.1, 0.15) is 55.5 Å². The zero-order chi connectivity index (χ0) is 50.5. The van der Waals surface area contributed by atoms with Gasteiger partial charge in [0.25, 0.3) is 0 Å². The Hall–Kier alpha value is -5.83. The van der Waals surface area contributed by atoms with Crippen LogP contribution in [0.1, 0.15) is 70.6 Å². The fourth-order valence-corrected chi connectivity index (χ4v) is 7.05. The van der Waals surface area contributed by atoms with Crippen LogP contribution in [0.25, 0.3) is 0 Å². The molecular weight excluding hydrogens is 960 g/mol. The second kappa shape index (κ2) is 32.1. The van der Waals surface area contributed by atoms with Crippen LogP contribution in [0.15, 0.2) is 144 Å². The van der Waals surface area contributed by atoms with Crippen molar-refractivity contribution in [3.05, 3.63) is 188 Å². The number of hydroxylamine groups is 2. The fraction of sp³-hybridized carbons (Fsp3) is 0.294. The van der Waals surface area contributed by atoms with E-state index in [1.807, 2.05) is 129 Å². The Morgan fingerprint density at radius 1 is 0.643 bits per heavy atom. The summed E-state index contributed by atoms with van der Waals surface area (Å²) in [7, 11) is 6.32. The predicted molar refractivity (Wildman–Crippen MR) is 273 cm³/mol. The second-order valence-corrected chi connectivity index (χ2v) is 16.4. The molecule has 374 valence electrons. The maximum atomic E-state index is 11.0. The van der Waals surface area contributed by atoms with Crippen molar-refractivity contribution in [3.8, 4) is 11.8 Å². The van der Waals surface area contributed by atoms with Gasteiger partial charge in [-0.1, -0.05) is 143 Å². The average molecular weight is 1020 g/mol. The van der Waals surface area contributed by atoms with Crippen molar-refractivity contribution in [2.24, 2.45) is 10.3 Å². The first-order chi connectivity index (χ1) is 34.0. The van der Waals surface area contributed by atoms with E-state index in [0.29, 0.717) is 40.6 Å². The van der Waals surface area contributed by atoms with Crippen LogP contribution >= 0.6 is 23.2 Å². The van der Waals surface area contributed by atoms with Gasteiger partial charge in [0.15, 0.2) is 0 Å². The molecule has 16 nitrogen and oxygen atoms in total. The summed E-state index contributed by atoms with van der Waals surface area (Å²) in [4.78, 5) is 28.5. The van der Waals surface area contributed by atoms with Gasteiger partial charge in [0, 0.05) is 55.0 Å². The summed E-state index contributed by atoms with van der Waals surface area (Å²) in [6, 6.07) is 38.6. The van der Waals surface area contributed by atoms with Gasteiger partial charge in [-0.2, -0.15) is 0 Å². The summed E-state index contributed by atoms with van der Waals surface area (Å²) in [6.45, 7) is 5.63. The number of aliphatic hydroxyl groups is 1. The lowest BCUT2D eigenvalue weighted by atomic mass is 10.0. The second-order valence-electron chi connectivity index (χ2n) is 14.7. The Labute approximate surface area is 422 Å². The van der Waals surface area contributed by atoms with Crippen LogP contribution in [0.2, 0.25) is 10.0 Å². The number of nitrogens with one attached hydrogen (secondary N) is 2. The number of benzene rings is 4. The van der Waals surface area contributed by atoms with Gasteiger partial charge >= 0.3 is 0 Å². The molecule has 2 heterocycles. The van der Waals surface area contributed by atoms with Crippen molar-refractivity contribution >= 4 is 45.7 Å². The van der Waals surface area contributed by atoms with Crippen molar-refractivity contribution in [1.29, 1.82) is 0 Å². The van der Waals surface area contributed by atoms with Gasteiger partial charge in [-0.15, -0.1) is 0 Å². The lowest BCUT2D eigenvalue weighted by Crippen LogP contribution is -2.19. The fourth-order valence-electron chi connectivity index (χ4n) is 6.21. The molecule has 6 aromatic rings. The summed E-state index contributed by atoms with van der Waals surface area (Å²) in [5.41, 5.74) is 13.7. The number of nitrogens with zero attached hydrogens (tertiary/aromatic N) is 4. The monoisotopic (exact) mass is 1020 g/mol. The minimum atomic E-state index is -1.45. The minimum Gasteiger partial charge on any atom is -0.472 e. The van der Waals surface area contributed by atoms with Gasteiger partial charge in [-0.25, -0.2) is 25.1 Å². The van der Waals surface area contributed by atoms with E-state index in [9.17, 15) is 9.32 Å². The van der Waals surface area contributed by atoms with Crippen LogP contribution < -0.4 is 19.9 Å². The van der Waals surface area contributed by atoms with E-state index in [1.54, 1.807) is 32.6 Å². The first-order valence-electron chi connectivity index (χ1n) is 21.8. The molecule has 3 unspecified atom stereocenters. The SMILES string of the molecule is CC(OCc1ccccc1)c1cnc(OS(C)=O)c(Cl)c1.CNOC/C(=N\OC)c1ccccc1CO.CNOC/C(=N\OC)c1ccccc1COc1ncc(C(C)OCc2ccccc2)cc1Cl. The van der Waals surface area contributed by atoms with Crippen LogP contribution in [0.4, 0.5) is 0 Å². The molecule has 2 aromatic heterocycles. The van der Waals surface area contributed by atoms with Gasteiger partial charge in [0.05, 0.1) is 32.0 Å². The molecule has 0 bridgehead atoms. The lowest BCUT2D eigenvalue weighted by Gasteiger charge is -2.16. The van der Waals surface area contributed by atoms with Gasteiger partial charge in [-0.05, 0) is 48.2 Å². The highest BCUT2D eigenvalue weighted by atomic mass is 35.5. The first kappa shape index (κ1) is 56.8. The van der Waals surface area contributed by atoms with E-state index in [0.717, 1.165) is 44.5 Å². The lowest BCUT2D eigenvalue weighted by molar-refractivity contribution is 0.0522. The van der Waals surface area contributed by atoms with E-state index in [2.05, 4.69) is 31.2 Å². The smallest absolute Gasteiger partial charge is 0.249 e. The van der Waals surface area contributed by atoms with E-state index < -0.39 is 11.1 Å². The molecule has 3 atom stereocenters. The van der Waals surface area contributed by atoms with E-state index in [4.69, 9.17) is 60.9 Å². The van der Waals surface area contributed by atoms with Crippen molar-refractivity contribution in [2.45, 2.75) is 52.5 Å². The van der Waals surface area contributed by atoms with Crippen molar-refractivity contribution in [2.75, 3.05) is 47.8 Å². The maximum Gasteiger partial charge on any atom is 0.249 e. The predicted octanol–water partition coefficient (Wildman–Crippen LogP) is 9.46. The topological polar surface area (TPSA) is 186 Å². The van der Waals surface area contributed by atoms with Crippen LogP contribution in [0.5, 0.6) is 11.8 Å². The van der Waals surface area contributed by atoms with Crippen LogP contribution in [0, 0.1) is 0 Å². The molecule has 0 radical (unpaired) electrons. The number of aliphatic hydroxyl groups excluding tert-OH is 1. The number of rotatable bonds is 24. The molecule has 0 saturated carbocycles. The van der Waals surface area contributed by atoms with Crippen molar-refractivity contribution in [1.82, 2.24) is 20.9 Å². The number of ether oxygens (including phenoxy) is 3. The molecular formula is C51H60Cl2N6O10S. The van der Waals surface area contributed by atoms with Crippen molar-refractivity contribution < 1.29 is 47.1 Å². The Morgan fingerprint density at radius 2 is 1.07 bits per heavy atom. The molecule has 0 aliphatic carbocycles. The average Bonchev–Trinajstić information content (AvgIpc) is 3.38. The summed E-state index contributed by atoms with van der Waals surface area (Å²) in [6.07, 6.45) is 4.43. The summed E-state index contributed by atoms with van der Waals surface area (Å²) in [5, 5.41) is 17.9. The first-order valence-corrected chi connectivity index (χ1v) is 24.1. The molecule has 0 amide bonds. The molecule has 0 aliphatic rings. The molecule has 6 rings (SSSR count). The molecule has 0 saturated heterocycles. The van der Waals surface area contributed by atoms with Crippen molar-refractivity contribution in [3.63, 3.8) is 0 Å². The molecule has 4 aromatic carbocycles. The number of halogens is 2. The standard InChI is InChI=1S/C25H28ClN3O4.C15H16ClNO3S.C11H16N2O3/c1-18(31-15-19-9-5-4-6-10-19)21-13-23(26)25(28-14-21)32-16-20-11-7-8-12-22(20)24(29-30-3)17-33-27-2;1-11(19-10-12-6-4-3-5-7-12)13-8-14(16)15(17-9-13)20-21(2)18;1-12-16-8-11(13-15-2)10-6-4-3-5-9(10)7-14/h4-14,18,27H,15-17H2,1-3H3;3-9,11H,10H2,1-2H3;3-6,12,14H,7-8H2,1-2H3/b29-24+;;13-11+. The molecule has 0 aliphatic heterocycles. The molecule has 0 spiro atoms. The Balaban J connectivity index is 0.000000247. The zero-order valence-electron chi connectivity index (χ0n) is 40.2. The van der Waals surface area contributed by atoms with E-state index >= 15 is 0 Å². The summed E-state index contributed by atoms with van der Waals surface area (Å²) < 4.78 is 33.7. The number of pyridine rings is 2. The quantitative estimate of drug-likeness (QED) is 0.0385. The highest BCUT2D eigenvalue weighted by Gasteiger charge is 2.16. The zero-order valence-corrected chi connectivity index (χ0v) is 42.5. The van der Waals surface area contributed by atoms with E-state index in [1.165, 1.54) is 20.5 Å². The minimum absolute atomic E-state index is 0.0432. The van der Waals surface area contributed by atoms with Crippen LogP contribution in [-0.2, 0) is 66.3 Å². The summed E-state index contributed by atoms with van der Waals surface area (Å²) >= 11 is 11.1. The van der Waals surface area contributed by atoms with E-state index in [-0.39, 0.29) is 44.5 Å². The Kier molecular flexibility index (Phi) is 26.1. The number of oxime groups is 2. The highest BCUT2D eigenvalue weighted by molar-refractivity contribution is 7.79. The number of aromatic nitrogens is 2. The summed E-state index contributed by atoms with van der Waals surface area (Å²) in [5.74, 6) is 0.513. The molecule has 70 heavy (non-hydrogen) atoms. The third kappa shape index (κ3) is 19.5. The van der Waals surface area contributed by atoms with Gasteiger partial charge in [-0.3, -0.25) is 9.68 Å². The van der Waals surface area contributed by atoms with Crippen LogP contribution in [-0.4, -0.2) is 78.5 Å². The molecule has 19 heteroatoms. The Bertz CT molecular complexity index is 2550. The molecule has 0 fully saturated rings. The Morgan fingerprint density at radius 3 is 1.50 bits per heavy atom. The van der Waals surface area contributed by atoms with Crippen LogP contribution in [0.3, 0.4) is 0 Å². The van der Waals surface area contributed by atoms with Gasteiger partial charge in [0.2, 0.25) is 22.8 Å². The largest absolute Gasteiger partial charge is 0.472 e. The normalized spacial score (nSPS) is 12.6. The number of hydrogen-bond acceptors (Lipinski definition) is 16. The van der Waals surface area contributed by atoms with Gasteiger partial charge < -0.3 is 33.2 Å². The molecule has 3 N–H and O–H groups in total. The third-order valence-electron chi connectivity index (χ3n) is 9.78. The third-order valence-corrected chi connectivity index (χ3v) is 10.7.